The highest BCUT2D eigenvalue weighted by Crippen LogP contribution is 2.15. The Hall–Kier alpha value is -0.650. The van der Waals surface area contributed by atoms with Crippen molar-refractivity contribution in [1.82, 2.24) is 10.3 Å². The Kier molecular flexibility index (Phi) is 5.73. The van der Waals surface area contributed by atoms with Crippen LogP contribution in [0.15, 0.2) is 0 Å². The minimum absolute atomic E-state index is 0.124. The Morgan fingerprint density at radius 3 is 2.88 bits per heavy atom. The topological polar surface area (TPSA) is 67.6 Å². The molecule has 0 saturated carbocycles. The first kappa shape index (κ1) is 13.4. The summed E-state index contributed by atoms with van der Waals surface area (Å²) in [5.41, 5.74) is 2.21. The van der Waals surface area contributed by atoms with Gasteiger partial charge in [-0.25, -0.2) is 5.84 Å². The molecule has 1 fully saturated rings. The van der Waals surface area contributed by atoms with Gasteiger partial charge in [0.25, 0.3) is 5.91 Å². The van der Waals surface area contributed by atoms with Gasteiger partial charge in [-0.05, 0) is 32.7 Å². The zero-order valence-corrected chi connectivity index (χ0v) is 10.2. The average Bonchev–Trinajstić information content (AvgIpc) is 2.31. The first-order valence-corrected chi connectivity index (χ1v) is 6.01. The van der Waals surface area contributed by atoms with E-state index in [-0.39, 0.29) is 18.1 Å². The van der Waals surface area contributed by atoms with Crippen molar-refractivity contribution in [2.75, 3.05) is 20.2 Å². The predicted octanol–water partition coefficient (Wildman–Crippen LogP) is 0.256. The van der Waals surface area contributed by atoms with E-state index in [2.05, 4.69) is 5.43 Å². The van der Waals surface area contributed by atoms with Gasteiger partial charge in [-0.2, -0.15) is 0 Å². The number of hydrogen-bond donors (Lipinski definition) is 2. The monoisotopic (exact) mass is 229 g/mol. The molecule has 0 aromatic heterocycles. The van der Waals surface area contributed by atoms with E-state index in [0.29, 0.717) is 0 Å². The zero-order valence-electron chi connectivity index (χ0n) is 10.2. The van der Waals surface area contributed by atoms with Gasteiger partial charge in [0.2, 0.25) is 0 Å². The summed E-state index contributed by atoms with van der Waals surface area (Å²) in [6, 6.07) is -0.157. The van der Waals surface area contributed by atoms with E-state index in [0.717, 1.165) is 32.4 Å². The molecule has 0 aromatic carbocycles. The van der Waals surface area contributed by atoms with Crippen LogP contribution in [0.5, 0.6) is 0 Å². The normalized spacial score (nSPS) is 23.1. The maximum Gasteiger partial charge on any atom is 0.251 e. The molecule has 1 aliphatic rings. The quantitative estimate of drug-likeness (QED) is 0.403. The Morgan fingerprint density at radius 1 is 1.62 bits per heavy atom. The summed E-state index contributed by atoms with van der Waals surface area (Å²) in [5, 5.41) is 0. The molecule has 2 atom stereocenters. The van der Waals surface area contributed by atoms with Gasteiger partial charge in [0.05, 0.1) is 12.1 Å². The van der Waals surface area contributed by atoms with Crippen LogP contribution in [0, 0.1) is 0 Å². The SMILES string of the molecule is CCC(C(=O)NN)N(C)CC1CCCCO1. The van der Waals surface area contributed by atoms with Crippen LogP contribution in [0.25, 0.3) is 0 Å². The molecule has 5 nitrogen and oxygen atoms in total. The van der Waals surface area contributed by atoms with Crippen LogP contribution < -0.4 is 11.3 Å². The van der Waals surface area contributed by atoms with Crippen molar-refractivity contribution in [3.8, 4) is 0 Å². The molecule has 5 heteroatoms. The summed E-state index contributed by atoms with van der Waals surface area (Å²) in [6.07, 6.45) is 4.48. The molecule has 0 bridgehead atoms. The molecule has 0 aliphatic carbocycles. The Labute approximate surface area is 97.3 Å². The lowest BCUT2D eigenvalue weighted by atomic mass is 10.1. The first-order chi connectivity index (χ1) is 7.69. The van der Waals surface area contributed by atoms with Crippen LogP contribution in [-0.4, -0.2) is 43.2 Å². The smallest absolute Gasteiger partial charge is 0.251 e. The number of nitrogens with zero attached hydrogens (tertiary/aromatic N) is 1. The number of ether oxygens (including phenoxy) is 1. The second-order valence-corrected chi connectivity index (χ2v) is 4.36. The van der Waals surface area contributed by atoms with Crippen molar-refractivity contribution in [2.24, 2.45) is 5.84 Å². The van der Waals surface area contributed by atoms with Crippen molar-refractivity contribution >= 4 is 5.91 Å². The van der Waals surface area contributed by atoms with Gasteiger partial charge in [-0.3, -0.25) is 15.1 Å². The van der Waals surface area contributed by atoms with E-state index in [1.165, 1.54) is 6.42 Å². The average molecular weight is 229 g/mol. The number of carbonyl (C=O) groups excluding carboxylic acids is 1. The molecule has 3 N–H and O–H groups in total. The Balaban J connectivity index is 2.41. The Morgan fingerprint density at radius 2 is 2.38 bits per heavy atom. The molecular weight excluding hydrogens is 206 g/mol. The summed E-state index contributed by atoms with van der Waals surface area (Å²) in [6.45, 7) is 3.63. The maximum absolute atomic E-state index is 11.5. The van der Waals surface area contributed by atoms with Crippen molar-refractivity contribution in [3.05, 3.63) is 0 Å². The highest BCUT2D eigenvalue weighted by Gasteiger charge is 2.24. The molecule has 16 heavy (non-hydrogen) atoms. The van der Waals surface area contributed by atoms with Gasteiger partial charge in [0.15, 0.2) is 0 Å². The fourth-order valence-corrected chi connectivity index (χ4v) is 2.19. The number of nitrogens with two attached hydrogens (primary N) is 1. The molecule has 1 heterocycles. The third-order valence-corrected chi connectivity index (χ3v) is 3.13. The summed E-state index contributed by atoms with van der Waals surface area (Å²) in [4.78, 5) is 13.5. The molecule has 0 radical (unpaired) electrons. The van der Waals surface area contributed by atoms with E-state index in [1.807, 2.05) is 18.9 Å². The lowest BCUT2D eigenvalue weighted by Crippen LogP contribution is -2.49. The molecule has 1 aliphatic heterocycles. The molecular formula is C11H23N3O2. The highest BCUT2D eigenvalue weighted by atomic mass is 16.5. The number of carbonyl (C=O) groups is 1. The van der Waals surface area contributed by atoms with E-state index in [1.54, 1.807) is 0 Å². The molecule has 1 rings (SSSR count). The summed E-state index contributed by atoms with van der Waals surface area (Å²) >= 11 is 0. The summed E-state index contributed by atoms with van der Waals surface area (Å²) < 4.78 is 5.65. The van der Waals surface area contributed by atoms with Crippen molar-refractivity contribution in [1.29, 1.82) is 0 Å². The fourth-order valence-electron chi connectivity index (χ4n) is 2.19. The van der Waals surface area contributed by atoms with Gasteiger partial charge in [0, 0.05) is 13.2 Å². The molecule has 1 saturated heterocycles. The van der Waals surface area contributed by atoms with Gasteiger partial charge >= 0.3 is 0 Å². The first-order valence-electron chi connectivity index (χ1n) is 6.01. The Bertz CT molecular complexity index is 217. The van der Waals surface area contributed by atoms with Gasteiger partial charge in [-0.15, -0.1) is 0 Å². The number of likely N-dealkylation sites (N-methyl/N-ethyl adjacent to an activating group) is 1. The van der Waals surface area contributed by atoms with Crippen LogP contribution >= 0.6 is 0 Å². The zero-order chi connectivity index (χ0) is 12.0. The second kappa shape index (κ2) is 6.83. The molecule has 94 valence electrons. The maximum atomic E-state index is 11.5. The fraction of sp³-hybridized carbons (Fsp3) is 0.909. The lowest BCUT2D eigenvalue weighted by molar-refractivity contribution is -0.127. The van der Waals surface area contributed by atoms with Gasteiger partial charge in [0.1, 0.15) is 0 Å². The number of amides is 1. The second-order valence-electron chi connectivity index (χ2n) is 4.36. The van der Waals surface area contributed by atoms with Crippen molar-refractivity contribution in [3.63, 3.8) is 0 Å². The minimum atomic E-state index is -0.157. The molecule has 0 spiro atoms. The van der Waals surface area contributed by atoms with Crippen LogP contribution in [0.3, 0.4) is 0 Å². The molecule has 0 aromatic rings. The third-order valence-electron chi connectivity index (χ3n) is 3.13. The van der Waals surface area contributed by atoms with E-state index >= 15 is 0 Å². The van der Waals surface area contributed by atoms with Crippen LogP contribution in [-0.2, 0) is 9.53 Å². The summed E-state index contributed by atoms with van der Waals surface area (Å²) in [7, 11) is 1.95. The number of rotatable bonds is 5. The lowest BCUT2D eigenvalue weighted by Gasteiger charge is -2.31. The molecule has 1 amide bonds. The summed E-state index contributed by atoms with van der Waals surface area (Å²) in [5.74, 6) is 5.04. The third kappa shape index (κ3) is 3.73. The standard InChI is InChI=1S/C11H23N3O2/c1-3-10(11(15)13-12)14(2)8-9-6-4-5-7-16-9/h9-10H,3-8,12H2,1-2H3,(H,13,15). The predicted molar refractivity (Wildman–Crippen MR) is 62.6 cm³/mol. The van der Waals surface area contributed by atoms with Gasteiger partial charge < -0.3 is 4.74 Å². The van der Waals surface area contributed by atoms with Crippen LogP contribution in [0.2, 0.25) is 0 Å². The largest absolute Gasteiger partial charge is 0.377 e. The van der Waals surface area contributed by atoms with E-state index < -0.39 is 0 Å². The molecule has 2 unspecified atom stereocenters. The van der Waals surface area contributed by atoms with Crippen LogP contribution in [0.4, 0.5) is 0 Å². The highest BCUT2D eigenvalue weighted by molar-refractivity contribution is 5.80. The van der Waals surface area contributed by atoms with Crippen LogP contribution in [0.1, 0.15) is 32.6 Å². The minimum Gasteiger partial charge on any atom is -0.377 e. The van der Waals surface area contributed by atoms with Crippen molar-refractivity contribution < 1.29 is 9.53 Å². The number of nitrogens with one attached hydrogen (secondary N) is 1. The van der Waals surface area contributed by atoms with E-state index in [9.17, 15) is 4.79 Å². The number of hydrazine groups is 1. The van der Waals surface area contributed by atoms with Crippen molar-refractivity contribution in [2.45, 2.75) is 44.8 Å². The number of hydrogen-bond acceptors (Lipinski definition) is 4. The van der Waals surface area contributed by atoms with E-state index in [4.69, 9.17) is 10.6 Å². The van der Waals surface area contributed by atoms with Gasteiger partial charge in [-0.1, -0.05) is 6.92 Å².